The van der Waals surface area contributed by atoms with Crippen LogP contribution in [0.5, 0.6) is 0 Å². The van der Waals surface area contributed by atoms with Crippen LogP contribution in [-0.4, -0.2) is 17.2 Å². The lowest BCUT2D eigenvalue weighted by atomic mass is 9.90. The lowest BCUT2D eigenvalue weighted by molar-refractivity contribution is 0.293. The molecule has 1 aromatic rings. The van der Waals surface area contributed by atoms with Crippen LogP contribution in [0.3, 0.4) is 0 Å². The van der Waals surface area contributed by atoms with E-state index in [-0.39, 0.29) is 0 Å². The Morgan fingerprint density at radius 2 is 2.08 bits per heavy atom. The largest absolute Gasteiger partial charge is 0.361 e. The maximum atomic E-state index is 5.22. The number of piperidine rings is 1. The number of aromatic nitrogens is 1. The Labute approximate surface area is 77.5 Å². The Balaban J connectivity index is 1.80. The third-order valence-electron chi connectivity index (χ3n) is 3.33. The van der Waals surface area contributed by atoms with Crippen molar-refractivity contribution in [2.75, 3.05) is 0 Å². The van der Waals surface area contributed by atoms with Gasteiger partial charge in [-0.1, -0.05) is 5.16 Å². The van der Waals surface area contributed by atoms with Gasteiger partial charge in [-0.2, -0.15) is 0 Å². The molecular formula is C10H14N2O. The number of hydrogen-bond donors (Lipinski definition) is 1. The molecule has 0 aromatic carbocycles. The Bertz CT molecular complexity index is 271. The Morgan fingerprint density at radius 3 is 2.69 bits per heavy atom. The highest BCUT2D eigenvalue weighted by Crippen LogP contribution is 2.36. The highest BCUT2D eigenvalue weighted by Gasteiger charge is 2.35. The summed E-state index contributed by atoms with van der Waals surface area (Å²) in [5.74, 6) is 1.69. The van der Waals surface area contributed by atoms with Crippen molar-refractivity contribution in [2.24, 2.45) is 0 Å². The van der Waals surface area contributed by atoms with Gasteiger partial charge in [0.1, 0.15) is 5.76 Å². The van der Waals surface area contributed by atoms with Crippen LogP contribution in [0.4, 0.5) is 0 Å². The van der Waals surface area contributed by atoms with Gasteiger partial charge in [0.05, 0.1) is 6.20 Å². The van der Waals surface area contributed by atoms with Crippen molar-refractivity contribution < 1.29 is 4.52 Å². The molecule has 0 saturated carbocycles. The highest BCUT2D eigenvalue weighted by molar-refractivity contribution is 5.08. The van der Waals surface area contributed by atoms with E-state index >= 15 is 0 Å². The molecule has 2 fully saturated rings. The standard InChI is InChI=1S/C10H14N2O/c1-2-9-6-7(5-8(1)12-9)10-3-4-11-13-10/h3-4,7-9,12H,1-2,5-6H2/t7?,8-,9+. The van der Waals surface area contributed by atoms with E-state index in [1.807, 2.05) is 6.07 Å². The van der Waals surface area contributed by atoms with E-state index in [0.717, 1.165) is 17.8 Å². The quantitative estimate of drug-likeness (QED) is 0.711. The molecule has 0 aliphatic carbocycles. The third kappa shape index (κ3) is 1.27. The topological polar surface area (TPSA) is 38.1 Å². The molecule has 0 amide bonds. The number of nitrogens with zero attached hydrogens (tertiary/aromatic N) is 1. The highest BCUT2D eigenvalue weighted by atomic mass is 16.5. The van der Waals surface area contributed by atoms with Crippen molar-refractivity contribution in [3.05, 3.63) is 18.0 Å². The van der Waals surface area contributed by atoms with E-state index in [1.54, 1.807) is 6.20 Å². The molecule has 2 aliphatic rings. The van der Waals surface area contributed by atoms with Crippen molar-refractivity contribution in [1.82, 2.24) is 10.5 Å². The van der Waals surface area contributed by atoms with E-state index in [2.05, 4.69) is 10.5 Å². The Morgan fingerprint density at radius 1 is 1.31 bits per heavy atom. The minimum Gasteiger partial charge on any atom is -0.361 e. The zero-order chi connectivity index (χ0) is 8.67. The van der Waals surface area contributed by atoms with Crippen LogP contribution >= 0.6 is 0 Å². The maximum Gasteiger partial charge on any atom is 0.139 e. The molecule has 2 bridgehead atoms. The average molecular weight is 178 g/mol. The molecule has 3 rings (SSSR count). The fourth-order valence-electron chi connectivity index (χ4n) is 2.73. The minimum atomic E-state index is 0.612. The van der Waals surface area contributed by atoms with Crippen LogP contribution < -0.4 is 5.32 Å². The molecule has 1 aromatic heterocycles. The number of hydrogen-bond acceptors (Lipinski definition) is 3. The van der Waals surface area contributed by atoms with Gasteiger partial charge < -0.3 is 9.84 Å². The molecule has 3 heterocycles. The molecule has 1 N–H and O–H groups in total. The second-order valence-electron chi connectivity index (χ2n) is 4.22. The first kappa shape index (κ1) is 7.56. The smallest absolute Gasteiger partial charge is 0.139 e. The van der Waals surface area contributed by atoms with Gasteiger partial charge in [-0.05, 0) is 25.7 Å². The molecule has 2 saturated heterocycles. The van der Waals surface area contributed by atoms with Gasteiger partial charge >= 0.3 is 0 Å². The van der Waals surface area contributed by atoms with Gasteiger partial charge in [0.2, 0.25) is 0 Å². The van der Waals surface area contributed by atoms with E-state index in [1.165, 1.54) is 25.7 Å². The number of fused-ring (bicyclic) bond motifs is 2. The monoisotopic (exact) mass is 178 g/mol. The second kappa shape index (κ2) is 2.84. The van der Waals surface area contributed by atoms with E-state index in [0.29, 0.717) is 5.92 Å². The fraction of sp³-hybridized carbons (Fsp3) is 0.700. The number of rotatable bonds is 1. The molecule has 70 valence electrons. The molecule has 0 spiro atoms. The Kier molecular flexibility index (Phi) is 1.65. The Hall–Kier alpha value is -0.830. The van der Waals surface area contributed by atoms with Crippen LogP contribution in [0.1, 0.15) is 37.4 Å². The fourth-order valence-corrected chi connectivity index (χ4v) is 2.73. The van der Waals surface area contributed by atoms with Crippen LogP contribution in [0, 0.1) is 0 Å². The first-order valence-corrected chi connectivity index (χ1v) is 5.08. The summed E-state index contributed by atoms with van der Waals surface area (Å²) in [5, 5.41) is 7.39. The first-order valence-electron chi connectivity index (χ1n) is 5.08. The maximum absolute atomic E-state index is 5.22. The van der Waals surface area contributed by atoms with Crippen LogP contribution in [-0.2, 0) is 0 Å². The molecule has 13 heavy (non-hydrogen) atoms. The summed E-state index contributed by atoms with van der Waals surface area (Å²) >= 11 is 0. The normalized spacial score (nSPS) is 38.0. The zero-order valence-electron chi connectivity index (χ0n) is 7.57. The average Bonchev–Trinajstić information content (AvgIpc) is 2.75. The predicted molar refractivity (Wildman–Crippen MR) is 48.4 cm³/mol. The molecular weight excluding hydrogens is 164 g/mol. The van der Waals surface area contributed by atoms with Gasteiger partial charge in [0.15, 0.2) is 0 Å². The lowest BCUT2D eigenvalue weighted by Gasteiger charge is -2.27. The lowest BCUT2D eigenvalue weighted by Crippen LogP contribution is -2.37. The molecule has 3 nitrogen and oxygen atoms in total. The minimum absolute atomic E-state index is 0.612. The summed E-state index contributed by atoms with van der Waals surface area (Å²) in [7, 11) is 0. The number of nitrogens with one attached hydrogen (secondary N) is 1. The third-order valence-corrected chi connectivity index (χ3v) is 3.33. The van der Waals surface area contributed by atoms with Crippen molar-refractivity contribution in [3.63, 3.8) is 0 Å². The zero-order valence-corrected chi connectivity index (χ0v) is 7.57. The summed E-state index contributed by atoms with van der Waals surface area (Å²) in [4.78, 5) is 0. The van der Waals surface area contributed by atoms with E-state index in [4.69, 9.17) is 4.52 Å². The van der Waals surface area contributed by atoms with Gasteiger partial charge in [0.25, 0.3) is 0 Å². The summed E-state index contributed by atoms with van der Waals surface area (Å²) in [5.41, 5.74) is 0. The van der Waals surface area contributed by atoms with Crippen molar-refractivity contribution >= 4 is 0 Å². The molecule has 3 atom stereocenters. The van der Waals surface area contributed by atoms with Gasteiger partial charge in [-0.15, -0.1) is 0 Å². The van der Waals surface area contributed by atoms with Crippen molar-refractivity contribution in [3.8, 4) is 0 Å². The van der Waals surface area contributed by atoms with E-state index in [9.17, 15) is 0 Å². The molecule has 0 radical (unpaired) electrons. The molecule has 3 heteroatoms. The summed E-state index contributed by atoms with van der Waals surface area (Å²) < 4.78 is 5.22. The predicted octanol–water partition coefficient (Wildman–Crippen LogP) is 1.67. The summed E-state index contributed by atoms with van der Waals surface area (Å²) in [6.45, 7) is 0. The first-order chi connectivity index (χ1) is 6.42. The SMILES string of the molecule is c1cc(C2C[C@H]3CC[C@@H](C2)N3)on1. The van der Waals surface area contributed by atoms with Crippen LogP contribution in [0.25, 0.3) is 0 Å². The van der Waals surface area contributed by atoms with E-state index < -0.39 is 0 Å². The van der Waals surface area contributed by atoms with Crippen LogP contribution in [0.15, 0.2) is 16.8 Å². The van der Waals surface area contributed by atoms with Crippen molar-refractivity contribution in [1.29, 1.82) is 0 Å². The second-order valence-corrected chi connectivity index (χ2v) is 4.22. The molecule has 1 unspecified atom stereocenters. The van der Waals surface area contributed by atoms with Crippen molar-refractivity contribution in [2.45, 2.75) is 43.7 Å². The van der Waals surface area contributed by atoms with Gasteiger partial charge in [-0.25, -0.2) is 0 Å². The summed E-state index contributed by atoms with van der Waals surface area (Å²) in [6.07, 6.45) is 6.89. The van der Waals surface area contributed by atoms with Gasteiger partial charge in [0, 0.05) is 24.1 Å². The van der Waals surface area contributed by atoms with Gasteiger partial charge in [-0.3, -0.25) is 0 Å². The molecule has 2 aliphatic heterocycles. The summed E-state index contributed by atoms with van der Waals surface area (Å²) in [6, 6.07) is 3.47. The van der Waals surface area contributed by atoms with Crippen LogP contribution in [0.2, 0.25) is 0 Å².